The zero-order valence-corrected chi connectivity index (χ0v) is 21.1. The molecule has 202 valence electrons. The fraction of sp³-hybridized carbons (Fsp3) is 0.346. The van der Waals surface area contributed by atoms with Crippen molar-refractivity contribution >= 4 is 23.8 Å². The van der Waals surface area contributed by atoms with E-state index < -0.39 is 16.7 Å². The normalized spacial score (nSPS) is 17.6. The van der Waals surface area contributed by atoms with Crippen LogP contribution in [0.2, 0.25) is 0 Å². The number of imidazole rings is 1. The molecule has 3 aromatic rings. The van der Waals surface area contributed by atoms with Crippen molar-refractivity contribution in [1.82, 2.24) is 14.5 Å². The first-order chi connectivity index (χ1) is 17.7. The van der Waals surface area contributed by atoms with Gasteiger partial charge in [0.1, 0.15) is 24.7 Å². The molecule has 0 spiro atoms. The van der Waals surface area contributed by atoms with E-state index in [-0.39, 0.29) is 30.3 Å². The summed E-state index contributed by atoms with van der Waals surface area (Å²) >= 11 is 0. The maximum atomic E-state index is 12.8. The SMILES string of the molecule is Cl.O=[N+]([O-])c1cn2c(n1)OC(COc1ccc(C3=CCN(Cc4ccc(C(F)(F)F)cc4)CC3)cc1)CC2. The molecule has 38 heavy (non-hydrogen) atoms. The summed E-state index contributed by atoms with van der Waals surface area (Å²) in [6, 6.07) is 13.4. The highest BCUT2D eigenvalue weighted by atomic mass is 35.5. The number of ether oxygens (including phenoxy) is 2. The fourth-order valence-corrected chi connectivity index (χ4v) is 4.47. The summed E-state index contributed by atoms with van der Waals surface area (Å²) in [6.45, 7) is 3.03. The number of nitrogens with zero attached hydrogens (tertiary/aromatic N) is 4. The molecule has 0 N–H and O–H groups in total. The maximum absolute atomic E-state index is 12.8. The minimum absolute atomic E-state index is 0. The number of hydrogen-bond acceptors (Lipinski definition) is 6. The molecule has 0 bridgehead atoms. The fourth-order valence-electron chi connectivity index (χ4n) is 4.47. The van der Waals surface area contributed by atoms with Crippen molar-refractivity contribution in [1.29, 1.82) is 0 Å². The smallest absolute Gasteiger partial charge is 0.416 e. The summed E-state index contributed by atoms with van der Waals surface area (Å²) in [5.41, 5.74) is 2.55. The summed E-state index contributed by atoms with van der Waals surface area (Å²) in [5.74, 6) is 0.472. The van der Waals surface area contributed by atoms with E-state index in [0.717, 1.165) is 42.8 Å². The molecule has 12 heteroatoms. The predicted octanol–water partition coefficient (Wildman–Crippen LogP) is 5.75. The number of rotatable bonds is 7. The van der Waals surface area contributed by atoms with Crippen LogP contribution in [0.15, 0.2) is 60.8 Å². The van der Waals surface area contributed by atoms with Crippen LogP contribution in [0.3, 0.4) is 0 Å². The van der Waals surface area contributed by atoms with Gasteiger partial charge < -0.3 is 19.6 Å². The molecule has 2 aromatic carbocycles. The molecule has 1 aromatic heterocycles. The number of aromatic nitrogens is 2. The Kier molecular flexibility index (Phi) is 8.27. The van der Waals surface area contributed by atoms with Gasteiger partial charge in [-0.25, -0.2) is 0 Å². The van der Waals surface area contributed by atoms with Crippen molar-refractivity contribution in [2.75, 3.05) is 19.7 Å². The van der Waals surface area contributed by atoms with Crippen LogP contribution in [-0.4, -0.2) is 45.2 Å². The molecule has 1 atom stereocenters. The monoisotopic (exact) mass is 550 g/mol. The van der Waals surface area contributed by atoms with Crippen molar-refractivity contribution in [2.24, 2.45) is 0 Å². The lowest BCUT2D eigenvalue weighted by molar-refractivity contribution is -0.389. The molecule has 0 aliphatic carbocycles. The van der Waals surface area contributed by atoms with Gasteiger partial charge in [-0.05, 0) is 52.3 Å². The van der Waals surface area contributed by atoms with Crippen molar-refractivity contribution < 1.29 is 27.6 Å². The van der Waals surface area contributed by atoms with Gasteiger partial charge >= 0.3 is 18.0 Å². The van der Waals surface area contributed by atoms with E-state index in [2.05, 4.69) is 16.0 Å². The summed E-state index contributed by atoms with van der Waals surface area (Å²) in [5, 5.41) is 10.9. The van der Waals surface area contributed by atoms with E-state index in [1.54, 1.807) is 4.57 Å². The summed E-state index contributed by atoms with van der Waals surface area (Å²) in [4.78, 5) is 16.4. The first-order valence-corrected chi connectivity index (χ1v) is 11.9. The number of fused-ring (bicyclic) bond motifs is 1. The third kappa shape index (κ3) is 6.46. The van der Waals surface area contributed by atoms with Gasteiger partial charge in [0.25, 0.3) is 0 Å². The standard InChI is InChI=1S/C26H25F3N4O4.ClH/c27-26(28,29)21-5-1-18(2-6-21)15-31-12-9-20(10-13-31)19-3-7-22(8-4-19)36-17-23-11-14-32-16-24(33(34)35)30-25(32)37-23;/h1-9,16,23H,10-15,17H2;1H. The van der Waals surface area contributed by atoms with Crippen molar-refractivity contribution in [3.63, 3.8) is 0 Å². The third-order valence-corrected chi connectivity index (χ3v) is 6.52. The lowest BCUT2D eigenvalue weighted by atomic mass is 9.99. The van der Waals surface area contributed by atoms with Gasteiger partial charge in [0.15, 0.2) is 0 Å². The molecule has 0 saturated heterocycles. The number of alkyl halides is 3. The second-order valence-electron chi connectivity index (χ2n) is 9.11. The molecule has 0 saturated carbocycles. The number of benzene rings is 2. The summed E-state index contributed by atoms with van der Waals surface area (Å²) < 4.78 is 51.5. The molecule has 0 amide bonds. The topological polar surface area (TPSA) is 82.7 Å². The Balaban J connectivity index is 0.00000336. The van der Waals surface area contributed by atoms with Gasteiger partial charge in [0.05, 0.1) is 5.56 Å². The lowest BCUT2D eigenvalue weighted by Gasteiger charge is -2.26. The molecular formula is C26H26ClF3N4O4. The highest BCUT2D eigenvalue weighted by Crippen LogP contribution is 2.30. The van der Waals surface area contributed by atoms with Gasteiger partial charge in [-0.2, -0.15) is 13.2 Å². The van der Waals surface area contributed by atoms with Crippen LogP contribution < -0.4 is 9.47 Å². The molecule has 8 nitrogen and oxygen atoms in total. The Bertz CT molecular complexity index is 1290. The summed E-state index contributed by atoms with van der Waals surface area (Å²) in [7, 11) is 0. The van der Waals surface area contributed by atoms with E-state index in [1.807, 2.05) is 24.3 Å². The predicted molar refractivity (Wildman–Crippen MR) is 136 cm³/mol. The van der Waals surface area contributed by atoms with Crippen LogP contribution in [0.25, 0.3) is 5.57 Å². The van der Waals surface area contributed by atoms with Crippen LogP contribution >= 0.6 is 12.4 Å². The zero-order chi connectivity index (χ0) is 26.0. The van der Waals surface area contributed by atoms with Crippen LogP contribution in [0.5, 0.6) is 11.8 Å². The van der Waals surface area contributed by atoms with Gasteiger partial charge in [0, 0.05) is 37.6 Å². The van der Waals surface area contributed by atoms with Gasteiger partial charge in [0.2, 0.25) is 0 Å². The Morgan fingerprint density at radius 2 is 1.84 bits per heavy atom. The number of halogens is 4. The second kappa shape index (κ2) is 11.4. The average molecular weight is 551 g/mol. The first kappa shape index (κ1) is 27.5. The largest absolute Gasteiger partial charge is 0.490 e. The number of hydrogen-bond donors (Lipinski definition) is 0. The van der Waals surface area contributed by atoms with Crippen LogP contribution in [0.4, 0.5) is 19.0 Å². The van der Waals surface area contributed by atoms with Gasteiger partial charge in [-0.1, -0.05) is 30.3 Å². The van der Waals surface area contributed by atoms with Crippen molar-refractivity contribution in [3.05, 3.63) is 87.6 Å². The van der Waals surface area contributed by atoms with E-state index in [9.17, 15) is 23.3 Å². The van der Waals surface area contributed by atoms with E-state index in [0.29, 0.717) is 31.9 Å². The van der Waals surface area contributed by atoms with Crippen LogP contribution in [-0.2, 0) is 19.3 Å². The maximum Gasteiger partial charge on any atom is 0.416 e. The molecule has 1 unspecified atom stereocenters. The zero-order valence-electron chi connectivity index (χ0n) is 20.3. The second-order valence-corrected chi connectivity index (χ2v) is 9.11. The van der Waals surface area contributed by atoms with Crippen LogP contribution in [0, 0.1) is 10.1 Å². The first-order valence-electron chi connectivity index (χ1n) is 11.9. The molecule has 5 rings (SSSR count). The lowest BCUT2D eigenvalue weighted by Crippen LogP contribution is -2.31. The van der Waals surface area contributed by atoms with E-state index in [1.165, 1.54) is 23.9 Å². The third-order valence-electron chi connectivity index (χ3n) is 6.52. The van der Waals surface area contributed by atoms with E-state index >= 15 is 0 Å². The quantitative estimate of drug-likeness (QED) is 0.275. The van der Waals surface area contributed by atoms with Gasteiger partial charge in [-0.3, -0.25) is 9.47 Å². The number of nitro groups is 1. The Morgan fingerprint density at radius 3 is 2.47 bits per heavy atom. The molecule has 2 aliphatic rings. The highest BCUT2D eigenvalue weighted by molar-refractivity contribution is 5.85. The Hall–Kier alpha value is -3.57. The van der Waals surface area contributed by atoms with Crippen molar-refractivity contribution in [2.45, 2.75) is 38.2 Å². The molecule has 3 heterocycles. The van der Waals surface area contributed by atoms with E-state index in [4.69, 9.17) is 9.47 Å². The molecule has 0 fully saturated rings. The molecular weight excluding hydrogens is 525 g/mol. The highest BCUT2D eigenvalue weighted by Gasteiger charge is 2.30. The Labute approximate surface area is 223 Å². The minimum atomic E-state index is -4.32. The minimum Gasteiger partial charge on any atom is -0.490 e. The average Bonchev–Trinajstić information content (AvgIpc) is 3.32. The molecule has 2 aliphatic heterocycles. The van der Waals surface area contributed by atoms with Crippen molar-refractivity contribution in [3.8, 4) is 11.8 Å². The summed E-state index contributed by atoms with van der Waals surface area (Å²) in [6.07, 6.45) is 0.469. The van der Waals surface area contributed by atoms with Crippen LogP contribution in [0.1, 0.15) is 29.5 Å². The van der Waals surface area contributed by atoms with Gasteiger partial charge in [-0.15, -0.1) is 12.4 Å². The molecule has 0 radical (unpaired) electrons. The number of aryl methyl sites for hydroxylation is 1. The Morgan fingerprint density at radius 1 is 1.11 bits per heavy atom.